The van der Waals surface area contributed by atoms with Gasteiger partial charge in [-0.15, -0.1) is 0 Å². The minimum absolute atomic E-state index is 0.00722. The van der Waals surface area contributed by atoms with Gasteiger partial charge in [-0.3, -0.25) is 0 Å². The van der Waals surface area contributed by atoms with E-state index in [0.717, 1.165) is 16.6 Å². The molecule has 0 saturated heterocycles. The van der Waals surface area contributed by atoms with Crippen LogP contribution in [-0.4, -0.2) is 9.97 Å². The van der Waals surface area contributed by atoms with Gasteiger partial charge in [-0.05, 0) is 23.6 Å². The van der Waals surface area contributed by atoms with Crippen LogP contribution in [0.15, 0.2) is 23.0 Å². The van der Waals surface area contributed by atoms with Gasteiger partial charge in [-0.2, -0.15) is 0 Å². The molecule has 80 valence electrons. The Bertz CT molecular complexity index is 524. The van der Waals surface area contributed by atoms with Crippen LogP contribution in [0.2, 0.25) is 0 Å². The fraction of sp³-hybridized carbons (Fsp3) is 0.364. The standard InChI is InChI=1S/C11H15N3O/c1-6(2)10(12)7-3-4-8-9(5-7)14-11(15)13-8/h3-6,10H,12H2,1-2H3,(H2,13,14,15). The lowest BCUT2D eigenvalue weighted by atomic mass is 9.97. The Hall–Kier alpha value is -1.55. The normalized spacial score (nSPS) is 13.6. The highest BCUT2D eigenvalue weighted by molar-refractivity contribution is 5.75. The van der Waals surface area contributed by atoms with E-state index in [1.807, 2.05) is 18.2 Å². The molecule has 0 aliphatic heterocycles. The van der Waals surface area contributed by atoms with E-state index >= 15 is 0 Å². The van der Waals surface area contributed by atoms with Crippen molar-refractivity contribution in [3.05, 3.63) is 34.2 Å². The quantitative estimate of drug-likeness (QED) is 0.695. The molecule has 2 aromatic rings. The van der Waals surface area contributed by atoms with Gasteiger partial charge in [0.1, 0.15) is 0 Å². The van der Waals surface area contributed by atoms with Crippen molar-refractivity contribution in [1.29, 1.82) is 0 Å². The van der Waals surface area contributed by atoms with Gasteiger partial charge in [0, 0.05) is 6.04 Å². The predicted octanol–water partition coefficient (Wildman–Crippen LogP) is 1.51. The molecule has 1 unspecified atom stereocenters. The van der Waals surface area contributed by atoms with E-state index in [2.05, 4.69) is 23.8 Å². The summed E-state index contributed by atoms with van der Waals surface area (Å²) in [6.45, 7) is 4.16. The Morgan fingerprint density at radius 3 is 2.53 bits per heavy atom. The third-order valence-corrected chi connectivity index (χ3v) is 2.64. The first kappa shape index (κ1) is 9.98. The van der Waals surface area contributed by atoms with Gasteiger partial charge < -0.3 is 15.7 Å². The number of fused-ring (bicyclic) bond motifs is 1. The van der Waals surface area contributed by atoms with Gasteiger partial charge in [-0.25, -0.2) is 4.79 Å². The van der Waals surface area contributed by atoms with Crippen LogP contribution in [-0.2, 0) is 0 Å². The summed E-state index contributed by atoms with van der Waals surface area (Å²) in [7, 11) is 0. The van der Waals surface area contributed by atoms with Crippen molar-refractivity contribution in [2.45, 2.75) is 19.9 Å². The lowest BCUT2D eigenvalue weighted by Crippen LogP contribution is -2.16. The number of hydrogen-bond acceptors (Lipinski definition) is 2. The van der Waals surface area contributed by atoms with Crippen LogP contribution in [0.4, 0.5) is 0 Å². The zero-order valence-corrected chi connectivity index (χ0v) is 8.87. The zero-order valence-electron chi connectivity index (χ0n) is 8.87. The minimum Gasteiger partial charge on any atom is -0.324 e. The first-order valence-corrected chi connectivity index (χ1v) is 5.05. The maximum atomic E-state index is 11.1. The van der Waals surface area contributed by atoms with E-state index in [1.54, 1.807) is 0 Å². The Labute approximate surface area is 87.5 Å². The second-order valence-corrected chi connectivity index (χ2v) is 4.15. The number of benzene rings is 1. The number of imidazole rings is 1. The summed E-state index contributed by atoms with van der Waals surface area (Å²) in [5.74, 6) is 0.383. The van der Waals surface area contributed by atoms with Crippen LogP contribution < -0.4 is 11.4 Å². The molecule has 0 bridgehead atoms. The van der Waals surface area contributed by atoms with Crippen molar-refractivity contribution in [3.8, 4) is 0 Å². The maximum absolute atomic E-state index is 11.1. The first-order valence-electron chi connectivity index (χ1n) is 5.05. The van der Waals surface area contributed by atoms with Crippen LogP contribution in [0, 0.1) is 5.92 Å². The Balaban J connectivity index is 2.50. The van der Waals surface area contributed by atoms with Crippen LogP contribution in [0.25, 0.3) is 11.0 Å². The molecule has 15 heavy (non-hydrogen) atoms. The monoisotopic (exact) mass is 205 g/mol. The van der Waals surface area contributed by atoms with E-state index in [1.165, 1.54) is 0 Å². The second kappa shape index (κ2) is 3.55. The van der Waals surface area contributed by atoms with Crippen molar-refractivity contribution in [3.63, 3.8) is 0 Å². The van der Waals surface area contributed by atoms with E-state index in [9.17, 15) is 4.79 Å². The summed E-state index contributed by atoms with van der Waals surface area (Å²) >= 11 is 0. The van der Waals surface area contributed by atoms with Crippen molar-refractivity contribution < 1.29 is 0 Å². The fourth-order valence-corrected chi connectivity index (χ4v) is 1.64. The van der Waals surface area contributed by atoms with Crippen LogP contribution in [0.3, 0.4) is 0 Å². The smallest absolute Gasteiger partial charge is 0.323 e. The van der Waals surface area contributed by atoms with Gasteiger partial charge in [0.05, 0.1) is 11.0 Å². The van der Waals surface area contributed by atoms with E-state index in [0.29, 0.717) is 5.92 Å². The molecule has 0 fully saturated rings. The van der Waals surface area contributed by atoms with Crippen molar-refractivity contribution in [2.24, 2.45) is 11.7 Å². The molecule has 2 rings (SSSR count). The molecular weight excluding hydrogens is 190 g/mol. The molecule has 0 saturated carbocycles. The Morgan fingerprint density at radius 2 is 1.87 bits per heavy atom. The molecule has 0 aliphatic carbocycles. The molecule has 4 N–H and O–H groups in total. The van der Waals surface area contributed by atoms with Crippen LogP contribution >= 0.6 is 0 Å². The van der Waals surface area contributed by atoms with Crippen molar-refractivity contribution in [2.75, 3.05) is 0 Å². The number of nitrogens with one attached hydrogen (secondary N) is 2. The molecule has 0 spiro atoms. The van der Waals surface area contributed by atoms with Crippen LogP contribution in [0.1, 0.15) is 25.5 Å². The molecule has 1 aromatic heterocycles. The maximum Gasteiger partial charge on any atom is 0.323 e. The lowest BCUT2D eigenvalue weighted by Gasteiger charge is -2.15. The average Bonchev–Trinajstić information content (AvgIpc) is 2.55. The highest BCUT2D eigenvalue weighted by Gasteiger charge is 2.11. The van der Waals surface area contributed by atoms with Crippen molar-refractivity contribution in [1.82, 2.24) is 9.97 Å². The fourth-order valence-electron chi connectivity index (χ4n) is 1.64. The number of hydrogen-bond donors (Lipinski definition) is 3. The molecule has 4 heteroatoms. The average molecular weight is 205 g/mol. The van der Waals surface area contributed by atoms with Gasteiger partial charge in [0.25, 0.3) is 0 Å². The molecule has 0 amide bonds. The summed E-state index contributed by atoms with van der Waals surface area (Å²) in [6.07, 6.45) is 0. The largest absolute Gasteiger partial charge is 0.324 e. The Morgan fingerprint density at radius 1 is 1.20 bits per heavy atom. The lowest BCUT2D eigenvalue weighted by molar-refractivity contribution is 0.514. The SMILES string of the molecule is CC(C)C(N)c1ccc2[nH]c(=O)[nH]c2c1. The molecular formula is C11H15N3O. The summed E-state index contributed by atoms with van der Waals surface area (Å²) in [6, 6.07) is 5.77. The van der Waals surface area contributed by atoms with E-state index < -0.39 is 0 Å². The molecule has 0 radical (unpaired) electrons. The van der Waals surface area contributed by atoms with Gasteiger partial charge in [-0.1, -0.05) is 19.9 Å². The molecule has 1 atom stereocenters. The molecule has 0 aliphatic rings. The Kier molecular flexibility index (Phi) is 2.36. The summed E-state index contributed by atoms with van der Waals surface area (Å²) in [5.41, 5.74) is 8.53. The first-order chi connectivity index (χ1) is 7.08. The third-order valence-electron chi connectivity index (χ3n) is 2.64. The summed E-state index contributed by atoms with van der Waals surface area (Å²) in [4.78, 5) is 16.5. The molecule has 4 nitrogen and oxygen atoms in total. The zero-order chi connectivity index (χ0) is 11.0. The number of aromatic amines is 2. The predicted molar refractivity (Wildman–Crippen MR) is 60.7 cm³/mol. The summed E-state index contributed by atoms with van der Waals surface area (Å²) in [5, 5.41) is 0. The van der Waals surface area contributed by atoms with Crippen molar-refractivity contribution >= 4 is 11.0 Å². The topological polar surface area (TPSA) is 74.7 Å². The summed E-state index contributed by atoms with van der Waals surface area (Å²) < 4.78 is 0. The molecule has 1 aromatic carbocycles. The number of aromatic nitrogens is 2. The highest BCUT2D eigenvalue weighted by atomic mass is 16.1. The second-order valence-electron chi connectivity index (χ2n) is 4.15. The van der Waals surface area contributed by atoms with Gasteiger partial charge in [0.15, 0.2) is 0 Å². The van der Waals surface area contributed by atoms with Crippen LogP contribution in [0.5, 0.6) is 0 Å². The highest BCUT2D eigenvalue weighted by Crippen LogP contribution is 2.21. The van der Waals surface area contributed by atoms with Gasteiger partial charge >= 0.3 is 5.69 Å². The van der Waals surface area contributed by atoms with Gasteiger partial charge in [0.2, 0.25) is 0 Å². The molecule has 1 heterocycles. The van der Waals surface area contributed by atoms with E-state index in [4.69, 9.17) is 5.73 Å². The third kappa shape index (κ3) is 1.80. The van der Waals surface area contributed by atoms with E-state index in [-0.39, 0.29) is 11.7 Å². The number of H-pyrrole nitrogens is 2. The minimum atomic E-state index is -0.180. The number of rotatable bonds is 2. The number of nitrogens with two attached hydrogens (primary N) is 1.